The molecule has 3 aromatic rings. The Morgan fingerprint density at radius 1 is 1.08 bits per heavy atom. The van der Waals surface area contributed by atoms with Crippen LogP contribution in [0.5, 0.6) is 5.75 Å². The number of ether oxygens (including phenoxy) is 1. The van der Waals surface area contributed by atoms with Gasteiger partial charge in [0.1, 0.15) is 0 Å². The zero-order valence-corrected chi connectivity index (χ0v) is 20.9. The molecule has 1 atom stereocenters. The second kappa shape index (κ2) is 10.5. The average Bonchev–Trinajstić information content (AvgIpc) is 3.05. The highest BCUT2D eigenvalue weighted by Gasteiger charge is 2.23. The summed E-state index contributed by atoms with van der Waals surface area (Å²) >= 11 is 0. The minimum atomic E-state index is -0.495. The fourth-order valence-corrected chi connectivity index (χ4v) is 4.92. The molecule has 2 heterocycles. The maximum absolute atomic E-state index is 13.0. The number of nitro benzene ring substituents is 1. The van der Waals surface area contributed by atoms with Gasteiger partial charge in [0.2, 0.25) is 5.91 Å². The standard InChI is InChI=1S/C28H28N4O6/c1-38-26-15-19(7-10-25(26)32(36)37)18-6-8-21-23(14-18)29-22-9-4-17(13-24(22)30-28(21)35)5-11-27(34)31-12-2-3-20(33)16-31/h4,6-10,13-15,20,29,33H,2-3,5,11-12,16H2,1H3,(H,30,35). The molecular weight excluding hydrogens is 488 g/mol. The summed E-state index contributed by atoms with van der Waals surface area (Å²) in [6, 6.07) is 15.6. The molecule has 1 saturated heterocycles. The van der Waals surface area contributed by atoms with Crippen LogP contribution in [0.3, 0.4) is 0 Å². The Morgan fingerprint density at radius 2 is 1.87 bits per heavy atom. The van der Waals surface area contributed by atoms with Gasteiger partial charge in [0, 0.05) is 25.6 Å². The van der Waals surface area contributed by atoms with Crippen molar-refractivity contribution < 1.29 is 24.4 Å². The summed E-state index contributed by atoms with van der Waals surface area (Å²) in [6.45, 7) is 1.06. The number of nitro groups is 1. The highest BCUT2D eigenvalue weighted by Crippen LogP contribution is 2.37. The Labute approximate surface area is 219 Å². The van der Waals surface area contributed by atoms with E-state index in [0.717, 1.165) is 24.0 Å². The Balaban J connectivity index is 1.35. The molecule has 196 valence electrons. The van der Waals surface area contributed by atoms with Gasteiger partial charge in [0.15, 0.2) is 5.75 Å². The summed E-state index contributed by atoms with van der Waals surface area (Å²) in [7, 11) is 1.38. The lowest BCUT2D eigenvalue weighted by atomic mass is 10.0. The maximum Gasteiger partial charge on any atom is 0.310 e. The van der Waals surface area contributed by atoms with Crippen molar-refractivity contribution in [3.05, 3.63) is 75.8 Å². The lowest BCUT2D eigenvalue weighted by molar-refractivity contribution is -0.385. The molecule has 10 heteroatoms. The fourth-order valence-electron chi connectivity index (χ4n) is 4.92. The van der Waals surface area contributed by atoms with Gasteiger partial charge in [0.05, 0.1) is 40.8 Å². The molecule has 0 saturated carbocycles. The SMILES string of the molecule is COc1cc(-c2ccc3c(c2)Nc2ccc(CCC(=O)N4CCCC(O)C4)cc2NC3=O)ccc1[N+](=O)[O-]. The second-order valence-electron chi connectivity index (χ2n) is 9.50. The normalized spacial score (nSPS) is 16.4. The molecule has 0 aliphatic carbocycles. The smallest absolute Gasteiger partial charge is 0.310 e. The van der Waals surface area contributed by atoms with Crippen LogP contribution < -0.4 is 15.4 Å². The molecular formula is C28H28N4O6. The van der Waals surface area contributed by atoms with E-state index in [0.29, 0.717) is 54.1 Å². The number of likely N-dealkylation sites (tertiary alicyclic amines) is 1. The van der Waals surface area contributed by atoms with Crippen molar-refractivity contribution in [2.75, 3.05) is 30.8 Å². The lowest BCUT2D eigenvalue weighted by Crippen LogP contribution is -2.42. The topological polar surface area (TPSA) is 134 Å². The number of benzene rings is 3. The van der Waals surface area contributed by atoms with Gasteiger partial charge in [-0.05, 0) is 72.4 Å². The van der Waals surface area contributed by atoms with Crippen LogP contribution in [0.2, 0.25) is 0 Å². The molecule has 1 unspecified atom stereocenters. The van der Waals surface area contributed by atoms with E-state index in [1.54, 1.807) is 29.2 Å². The van der Waals surface area contributed by atoms with E-state index in [-0.39, 0.29) is 23.3 Å². The van der Waals surface area contributed by atoms with Crippen LogP contribution in [-0.4, -0.2) is 53.0 Å². The van der Waals surface area contributed by atoms with Crippen molar-refractivity contribution in [2.45, 2.75) is 31.8 Å². The number of nitrogens with zero attached hydrogens (tertiary/aromatic N) is 2. The first-order chi connectivity index (χ1) is 18.3. The maximum atomic E-state index is 13.0. The van der Waals surface area contributed by atoms with Crippen molar-refractivity contribution in [3.63, 3.8) is 0 Å². The van der Waals surface area contributed by atoms with E-state index in [1.807, 2.05) is 24.3 Å². The Hall–Kier alpha value is -4.44. The Kier molecular flexibility index (Phi) is 6.97. The third kappa shape index (κ3) is 5.16. The van der Waals surface area contributed by atoms with Crippen molar-refractivity contribution in [1.29, 1.82) is 0 Å². The van der Waals surface area contributed by atoms with Gasteiger partial charge >= 0.3 is 5.69 Å². The van der Waals surface area contributed by atoms with Crippen LogP contribution in [0.4, 0.5) is 22.7 Å². The molecule has 5 rings (SSSR count). The summed E-state index contributed by atoms with van der Waals surface area (Å²) in [5.41, 5.74) is 4.65. The second-order valence-corrected chi connectivity index (χ2v) is 9.50. The Morgan fingerprint density at radius 3 is 2.63 bits per heavy atom. The number of aliphatic hydroxyl groups excluding tert-OH is 1. The van der Waals surface area contributed by atoms with Crippen LogP contribution >= 0.6 is 0 Å². The van der Waals surface area contributed by atoms with E-state index < -0.39 is 11.0 Å². The van der Waals surface area contributed by atoms with E-state index >= 15 is 0 Å². The van der Waals surface area contributed by atoms with Crippen molar-refractivity contribution >= 4 is 34.6 Å². The Bertz CT molecular complexity index is 1420. The average molecular weight is 517 g/mol. The first-order valence-corrected chi connectivity index (χ1v) is 12.5. The number of piperidine rings is 1. The number of anilines is 3. The summed E-state index contributed by atoms with van der Waals surface area (Å²) in [4.78, 5) is 38.1. The number of hydrogen-bond acceptors (Lipinski definition) is 7. The monoisotopic (exact) mass is 516 g/mol. The van der Waals surface area contributed by atoms with E-state index in [4.69, 9.17) is 4.74 Å². The number of β-amino-alcohol motifs (C(OH)–C–C–N with tert-alkyl or cyclic N) is 1. The third-order valence-electron chi connectivity index (χ3n) is 6.95. The number of rotatable bonds is 6. The van der Waals surface area contributed by atoms with Crippen molar-refractivity contribution in [2.24, 2.45) is 0 Å². The van der Waals surface area contributed by atoms with Gasteiger partial charge in [-0.3, -0.25) is 19.7 Å². The van der Waals surface area contributed by atoms with Gasteiger partial charge in [-0.2, -0.15) is 0 Å². The molecule has 3 aromatic carbocycles. The highest BCUT2D eigenvalue weighted by molar-refractivity contribution is 6.12. The van der Waals surface area contributed by atoms with Crippen LogP contribution in [0.15, 0.2) is 54.6 Å². The molecule has 2 aliphatic heterocycles. The number of hydrogen-bond donors (Lipinski definition) is 3. The molecule has 2 aliphatic rings. The van der Waals surface area contributed by atoms with Crippen LogP contribution in [-0.2, 0) is 11.2 Å². The molecule has 0 spiro atoms. The first-order valence-electron chi connectivity index (χ1n) is 12.5. The fraction of sp³-hybridized carbons (Fsp3) is 0.286. The highest BCUT2D eigenvalue weighted by atomic mass is 16.6. The number of methoxy groups -OCH3 is 1. The quantitative estimate of drug-likeness (QED) is 0.324. The van der Waals surface area contributed by atoms with Crippen LogP contribution in [0.1, 0.15) is 35.2 Å². The number of carbonyl (C=O) groups excluding carboxylic acids is 2. The third-order valence-corrected chi connectivity index (χ3v) is 6.95. The number of aliphatic hydroxyl groups is 1. The van der Waals surface area contributed by atoms with Crippen LogP contribution in [0.25, 0.3) is 11.1 Å². The van der Waals surface area contributed by atoms with E-state index in [2.05, 4.69) is 10.6 Å². The van der Waals surface area contributed by atoms with Gasteiger partial charge in [-0.1, -0.05) is 12.1 Å². The molecule has 38 heavy (non-hydrogen) atoms. The first kappa shape index (κ1) is 25.2. The molecule has 10 nitrogen and oxygen atoms in total. The van der Waals surface area contributed by atoms with E-state index in [9.17, 15) is 24.8 Å². The number of carbonyl (C=O) groups is 2. The summed E-state index contributed by atoms with van der Waals surface area (Å²) < 4.78 is 5.19. The largest absolute Gasteiger partial charge is 0.490 e. The molecule has 1 fully saturated rings. The number of fused-ring (bicyclic) bond motifs is 2. The van der Waals surface area contributed by atoms with Gasteiger partial charge in [-0.25, -0.2) is 0 Å². The number of amides is 2. The van der Waals surface area contributed by atoms with Gasteiger partial charge in [0.25, 0.3) is 5.91 Å². The lowest BCUT2D eigenvalue weighted by Gasteiger charge is -2.30. The molecule has 2 amide bonds. The number of aryl methyl sites for hydroxylation is 1. The van der Waals surface area contributed by atoms with E-state index in [1.165, 1.54) is 13.2 Å². The number of nitrogens with one attached hydrogen (secondary N) is 2. The minimum absolute atomic E-state index is 0.0173. The zero-order chi connectivity index (χ0) is 26.8. The predicted molar refractivity (Wildman–Crippen MR) is 143 cm³/mol. The minimum Gasteiger partial charge on any atom is -0.490 e. The summed E-state index contributed by atoms with van der Waals surface area (Å²) in [5.74, 6) is -0.0979. The van der Waals surface area contributed by atoms with Gasteiger partial charge in [-0.15, -0.1) is 0 Å². The molecule has 0 aromatic heterocycles. The predicted octanol–water partition coefficient (Wildman–Crippen LogP) is 4.50. The zero-order valence-electron chi connectivity index (χ0n) is 20.9. The molecule has 3 N–H and O–H groups in total. The molecule has 0 bridgehead atoms. The summed E-state index contributed by atoms with van der Waals surface area (Å²) in [5, 5.41) is 27.3. The van der Waals surface area contributed by atoms with Crippen molar-refractivity contribution in [3.8, 4) is 16.9 Å². The molecule has 0 radical (unpaired) electrons. The summed E-state index contributed by atoms with van der Waals surface area (Å²) in [6.07, 6.45) is 1.94. The van der Waals surface area contributed by atoms with Crippen LogP contribution in [0, 0.1) is 10.1 Å². The van der Waals surface area contributed by atoms with Gasteiger partial charge < -0.3 is 25.4 Å². The van der Waals surface area contributed by atoms with Crippen molar-refractivity contribution in [1.82, 2.24) is 4.90 Å².